The Hall–Kier alpha value is -0.590. The van der Waals surface area contributed by atoms with Gasteiger partial charge in [0.1, 0.15) is 0 Å². The highest BCUT2D eigenvalue weighted by atomic mass is 16.5. The zero-order valence-electron chi connectivity index (χ0n) is 6.84. The smallest absolute Gasteiger partial charge is 0.0706 e. The quantitative estimate of drug-likeness (QED) is 0.635. The molecule has 3 heteroatoms. The molecule has 1 aliphatic heterocycles. The van der Waals surface area contributed by atoms with Crippen LogP contribution in [0.3, 0.4) is 0 Å². The molecule has 0 amide bonds. The topological polar surface area (TPSA) is 45.0 Å². The van der Waals surface area contributed by atoms with Crippen LogP contribution in [-0.4, -0.2) is 25.8 Å². The van der Waals surface area contributed by atoms with Crippen LogP contribution in [0.1, 0.15) is 19.3 Å². The fourth-order valence-corrected chi connectivity index (χ4v) is 1.30. The van der Waals surface area contributed by atoms with Gasteiger partial charge >= 0.3 is 0 Å². The minimum Gasteiger partial charge on any atom is -0.376 e. The molecule has 0 aliphatic carbocycles. The van der Waals surface area contributed by atoms with E-state index in [0.29, 0.717) is 12.5 Å². The van der Waals surface area contributed by atoms with Crippen molar-refractivity contribution in [3.63, 3.8) is 0 Å². The van der Waals surface area contributed by atoms with Crippen molar-refractivity contribution in [2.24, 2.45) is 0 Å². The summed E-state index contributed by atoms with van der Waals surface area (Å²) in [5, 5.41) is 11.6. The van der Waals surface area contributed by atoms with Gasteiger partial charge in [0.25, 0.3) is 0 Å². The lowest BCUT2D eigenvalue weighted by Crippen LogP contribution is -2.37. The molecule has 1 fully saturated rings. The fourth-order valence-electron chi connectivity index (χ4n) is 1.30. The van der Waals surface area contributed by atoms with Crippen molar-refractivity contribution in [2.45, 2.75) is 31.4 Å². The zero-order chi connectivity index (χ0) is 8.10. The molecule has 0 aromatic rings. The lowest BCUT2D eigenvalue weighted by atomic mass is 10.0. The third-order valence-corrected chi connectivity index (χ3v) is 2.10. The summed E-state index contributed by atoms with van der Waals surface area (Å²) in [6.45, 7) is 0.753. The summed E-state index contributed by atoms with van der Waals surface area (Å²) in [5.41, 5.74) is 0. The third kappa shape index (κ3) is 2.49. The van der Waals surface area contributed by atoms with Crippen molar-refractivity contribution in [2.75, 3.05) is 13.7 Å². The summed E-state index contributed by atoms with van der Waals surface area (Å²) >= 11 is 0. The molecule has 62 valence electrons. The Morgan fingerprint density at radius 2 is 2.45 bits per heavy atom. The first-order valence-electron chi connectivity index (χ1n) is 4.02. The highest BCUT2D eigenvalue weighted by molar-refractivity contribution is 4.81. The summed E-state index contributed by atoms with van der Waals surface area (Å²) in [6, 6.07) is 2.62. The van der Waals surface area contributed by atoms with Crippen molar-refractivity contribution in [3.8, 4) is 6.07 Å². The minimum atomic E-state index is 0.185. The maximum Gasteiger partial charge on any atom is 0.0706 e. The molecule has 0 spiro atoms. The second-order valence-corrected chi connectivity index (χ2v) is 2.88. The molecule has 0 aromatic carbocycles. The number of nitriles is 1. The Morgan fingerprint density at radius 3 is 2.91 bits per heavy atom. The maximum absolute atomic E-state index is 8.40. The fraction of sp³-hybridized carbons (Fsp3) is 0.875. The van der Waals surface area contributed by atoms with Crippen LogP contribution in [0.2, 0.25) is 0 Å². The van der Waals surface area contributed by atoms with Gasteiger partial charge in [-0.3, -0.25) is 0 Å². The molecule has 0 saturated carbocycles. The lowest BCUT2D eigenvalue weighted by Gasteiger charge is -2.27. The van der Waals surface area contributed by atoms with E-state index in [1.54, 1.807) is 0 Å². The minimum absolute atomic E-state index is 0.185. The highest BCUT2D eigenvalue weighted by Crippen LogP contribution is 2.15. The molecule has 0 aromatic heterocycles. The Kier molecular flexibility index (Phi) is 3.34. The van der Waals surface area contributed by atoms with Crippen molar-refractivity contribution in [1.82, 2.24) is 5.32 Å². The second-order valence-electron chi connectivity index (χ2n) is 2.88. The molecule has 1 aliphatic rings. The number of likely N-dealkylation sites (N-methyl/N-ethyl adjacent to an activating group) is 1. The first-order chi connectivity index (χ1) is 5.36. The van der Waals surface area contributed by atoms with Crippen LogP contribution in [-0.2, 0) is 4.74 Å². The van der Waals surface area contributed by atoms with Crippen LogP contribution in [0, 0.1) is 11.3 Å². The summed E-state index contributed by atoms with van der Waals surface area (Å²) in [5.74, 6) is 0. The molecule has 11 heavy (non-hydrogen) atoms. The second kappa shape index (κ2) is 4.32. The summed E-state index contributed by atoms with van der Waals surface area (Å²) in [6.07, 6.45) is 2.86. The van der Waals surface area contributed by atoms with Gasteiger partial charge in [-0.2, -0.15) is 5.26 Å². The molecule has 1 N–H and O–H groups in total. The maximum atomic E-state index is 8.40. The first kappa shape index (κ1) is 8.51. The molecule has 1 saturated heterocycles. The number of hydrogen-bond acceptors (Lipinski definition) is 3. The molecule has 2 atom stereocenters. The van der Waals surface area contributed by atoms with Gasteiger partial charge in [0.05, 0.1) is 25.2 Å². The average molecular weight is 154 g/mol. The van der Waals surface area contributed by atoms with Crippen LogP contribution in [0.4, 0.5) is 0 Å². The summed E-state index contributed by atoms with van der Waals surface area (Å²) < 4.78 is 5.44. The van der Waals surface area contributed by atoms with Crippen LogP contribution in [0.25, 0.3) is 0 Å². The molecule has 3 nitrogen and oxygen atoms in total. The number of nitrogens with zero attached hydrogens (tertiary/aromatic N) is 1. The van der Waals surface area contributed by atoms with Crippen LogP contribution in [0.5, 0.6) is 0 Å². The zero-order valence-corrected chi connectivity index (χ0v) is 6.84. The summed E-state index contributed by atoms with van der Waals surface area (Å²) in [4.78, 5) is 0. The Morgan fingerprint density at radius 1 is 1.64 bits per heavy atom. The van der Waals surface area contributed by atoms with Crippen LogP contribution in [0.15, 0.2) is 0 Å². The molecule has 1 heterocycles. The van der Waals surface area contributed by atoms with Gasteiger partial charge in [-0.1, -0.05) is 0 Å². The lowest BCUT2D eigenvalue weighted by molar-refractivity contribution is 0.00215. The normalized spacial score (nSPS) is 31.3. The van der Waals surface area contributed by atoms with Gasteiger partial charge in [-0.25, -0.2) is 0 Å². The SMILES string of the molecule is CN[C@H]1CCC(CC#N)OC1. The number of ether oxygens (including phenoxy) is 1. The largest absolute Gasteiger partial charge is 0.376 e. The van der Waals surface area contributed by atoms with E-state index in [-0.39, 0.29) is 6.10 Å². The predicted octanol–water partition coefficient (Wildman–Crippen LogP) is 0.667. The molecule has 1 unspecified atom stereocenters. The molecule has 0 bridgehead atoms. The van der Waals surface area contributed by atoms with Gasteiger partial charge in [0.2, 0.25) is 0 Å². The van der Waals surface area contributed by atoms with E-state index < -0.39 is 0 Å². The first-order valence-corrected chi connectivity index (χ1v) is 4.02. The molecular weight excluding hydrogens is 140 g/mol. The standard InChI is InChI=1S/C8H14N2O/c1-10-7-2-3-8(4-5-9)11-6-7/h7-8,10H,2-4,6H2,1H3/t7-,8?/m0/s1. The van der Waals surface area contributed by atoms with Crippen molar-refractivity contribution >= 4 is 0 Å². The van der Waals surface area contributed by atoms with Gasteiger partial charge in [0, 0.05) is 6.04 Å². The predicted molar refractivity (Wildman–Crippen MR) is 42.1 cm³/mol. The highest BCUT2D eigenvalue weighted by Gasteiger charge is 2.19. The van der Waals surface area contributed by atoms with Crippen molar-refractivity contribution in [1.29, 1.82) is 5.26 Å². The number of nitrogens with one attached hydrogen (secondary N) is 1. The van der Waals surface area contributed by atoms with E-state index in [2.05, 4.69) is 11.4 Å². The number of rotatable bonds is 2. The molecule has 0 radical (unpaired) electrons. The summed E-state index contributed by atoms with van der Waals surface area (Å²) in [7, 11) is 1.94. The van der Waals surface area contributed by atoms with E-state index in [4.69, 9.17) is 10.00 Å². The van der Waals surface area contributed by atoms with Crippen molar-refractivity contribution < 1.29 is 4.74 Å². The Labute approximate surface area is 67.3 Å². The van der Waals surface area contributed by atoms with Crippen molar-refractivity contribution in [3.05, 3.63) is 0 Å². The van der Waals surface area contributed by atoms with Crippen LogP contribution < -0.4 is 5.32 Å². The van der Waals surface area contributed by atoms with E-state index in [1.165, 1.54) is 0 Å². The molecular formula is C8H14N2O. The Bertz CT molecular complexity index is 145. The average Bonchev–Trinajstić information content (AvgIpc) is 2.07. The van der Waals surface area contributed by atoms with E-state index in [0.717, 1.165) is 19.4 Å². The molecule has 1 rings (SSSR count). The third-order valence-electron chi connectivity index (χ3n) is 2.10. The van der Waals surface area contributed by atoms with Gasteiger partial charge < -0.3 is 10.1 Å². The number of hydrogen-bond donors (Lipinski definition) is 1. The van der Waals surface area contributed by atoms with E-state index >= 15 is 0 Å². The van der Waals surface area contributed by atoms with Gasteiger partial charge in [0.15, 0.2) is 0 Å². The Balaban J connectivity index is 2.20. The van der Waals surface area contributed by atoms with E-state index in [1.807, 2.05) is 7.05 Å². The van der Waals surface area contributed by atoms with Gasteiger partial charge in [-0.05, 0) is 19.9 Å². The van der Waals surface area contributed by atoms with Crippen LogP contribution >= 0.6 is 0 Å². The van der Waals surface area contributed by atoms with Gasteiger partial charge in [-0.15, -0.1) is 0 Å². The monoisotopic (exact) mass is 154 g/mol. The van der Waals surface area contributed by atoms with E-state index in [9.17, 15) is 0 Å².